The predicted octanol–water partition coefficient (Wildman–Crippen LogP) is 4.21. The van der Waals surface area contributed by atoms with E-state index in [4.69, 9.17) is 21.1 Å². The van der Waals surface area contributed by atoms with Gasteiger partial charge in [0, 0.05) is 10.7 Å². The lowest BCUT2D eigenvalue weighted by Gasteiger charge is -2.17. The van der Waals surface area contributed by atoms with Crippen molar-refractivity contribution in [3.63, 3.8) is 0 Å². The van der Waals surface area contributed by atoms with Crippen LogP contribution in [0.5, 0.6) is 5.75 Å². The molecule has 1 atom stereocenters. The molecule has 1 amide bonds. The zero-order valence-electron chi connectivity index (χ0n) is 15.3. The van der Waals surface area contributed by atoms with Gasteiger partial charge < -0.3 is 14.8 Å². The topological polar surface area (TPSA) is 64.6 Å². The number of halogens is 1. The Hall–Kier alpha value is -2.53. The van der Waals surface area contributed by atoms with E-state index < -0.39 is 18.0 Å². The van der Waals surface area contributed by atoms with E-state index in [2.05, 4.69) is 5.32 Å². The van der Waals surface area contributed by atoms with Crippen LogP contribution in [0, 0.1) is 20.8 Å². The maximum atomic E-state index is 12.3. The van der Waals surface area contributed by atoms with Crippen LogP contribution in [0.3, 0.4) is 0 Å². The van der Waals surface area contributed by atoms with Crippen LogP contribution in [-0.4, -0.2) is 24.6 Å². The lowest BCUT2D eigenvalue weighted by atomic mass is 10.0. The van der Waals surface area contributed by atoms with Crippen LogP contribution in [0.4, 0.5) is 5.69 Å². The monoisotopic (exact) mass is 375 g/mol. The molecule has 0 aliphatic heterocycles. The zero-order valence-corrected chi connectivity index (χ0v) is 16.0. The summed E-state index contributed by atoms with van der Waals surface area (Å²) in [7, 11) is 0. The van der Waals surface area contributed by atoms with E-state index in [0.29, 0.717) is 10.8 Å². The predicted molar refractivity (Wildman–Crippen MR) is 102 cm³/mol. The van der Waals surface area contributed by atoms with E-state index in [-0.39, 0.29) is 6.61 Å². The molecule has 138 valence electrons. The summed E-state index contributed by atoms with van der Waals surface area (Å²) in [5.41, 5.74) is 3.77. The molecular formula is C20H22ClNO4. The second-order valence-corrected chi connectivity index (χ2v) is 6.58. The van der Waals surface area contributed by atoms with Crippen molar-refractivity contribution < 1.29 is 19.1 Å². The van der Waals surface area contributed by atoms with Gasteiger partial charge in [-0.05, 0) is 57.0 Å². The fourth-order valence-electron chi connectivity index (χ4n) is 2.59. The maximum absolute atomic E-state index is 12.3. The number of amides is 1. The Kier molecular flexibility index (Phi) is 6.64. The van der Waals surface area contributed by atoms with Crippen molar-refractivity contribution in [3.8, 4) is 5.75 Å². The summed E-state index contributed by atoms with van der Waals surface area (Å²) < 4.78 is 10.4. The van der Waals surface area contributed by atoms with Crippen molar-refractivity contribution in [1.29, 1.82) is 0 Å². The number of benzene rings is 2. The van der Waals surface area contributed by atoms with E-state index in [1.54, 1.807) is 24.3 Å². The molecule has 0 saturated carbocycles. The number of anilines is 1. The highest BCUT2D eigenvalue weighted by Gasteiger charge is 2.19. The molecule has 0 bridgehead atoms. The van der Waals surface area contributed by atoms with Crippen LogP contribution < -0.4 is 10.1 Å². The van der Waals surface area contributed by atoms with Gasteiger partial charge in [-0.2, -0.15) is 0 Å². The highest BCUT2D eigenvalue weighted by molar-refractivity contribution is 6.30. The standard InChI is InChI=1S/C20H22ClNO4/c1-12-8-13(2)19(14(3)9-12)22-20(24)15(4)26-18(23)11-25-17-7-5-6-16(21)10-17/h5-10,15H,11H2,1-4H3,(H,22,24)/t15-/m1/s1. The summed E-state index contributed by atoms with van der Waals surface area (Å²) in [6.45, 7) is 7.05. The average molecular weight is 376 g/mol. The smallest absolute Gasteiger partial charge is 0.344 e. The lowest BCUT2D eigenvalue weighted by Crippen LogP contribution is -2.32. The Morgan fingerprint density at radius 2 is 1.77 bits per heavy atom. The van der Waals surface area contributed by atoms with Gasteiger partial charge in [0.2, 0.25) is 0 Å². The molecular weight excluding hydrogens is 354 g/mol. The molecule has 0 saturated heterocycles. The number of rotatable bonds is 6. The third-order valence-electron chi connectivity index (χ3n) is 3.76. The van der Waals surface area contributed by atoms with Crippen molar-refractivity contribution in [2.24, 2.45) is 0 Å². The molecule has 2 aromatic rings. The van der Waals surface area contributed by atoms with Crippen molar-refractivity contribution in [2.75, 3.05) is 11.9 Å². The van der Waals surface area contributed by atoms with Crippen LogP contribution in [0.1, 0.15) is 23.6 Å². The Balaban J connectivity index is 1.89. The molecule has 2 rings (SSSR count). The lowest BCUT2D eigenvalue weighted by molar-refractivity contribution is -0.155. The highest BCUT2D eigenvalue weighted by atomic mass is 35.5. The molecule has 0 aliphatic carbocycles. The van der Waals surface area contributed by atoms with Gasteiger partial charge in [-0.3, -0.25) is 4.79 Å². The largest absolute Gasteiger partial charge is 0.482 e. The molecule has 0 spiro atoms. The van der Waals surface area contributed by atoms with Crippen LogP contribution in [0.15, 0.2) is 36.4 Å². The van der Waals surface area contributed by atoms with Gasteiger partial charge in [0.1, 0.15) is 5.75 Å². The number of nitrogens with one attached hydrogen (secondary N) is 1. The van der Waals surface area contributed by atoms with Gasteiger partial charge in [0.05, 0.1) is 0 Å². The van der Waals surface area contributed by atoms with Crippen molar-refractivity contribution in [1.82, 2.24) is 0 Å². The minimum atomic E-state index is -0.939. The molecule has 0 heterocycles. The van der Waals surface area contributed by atoms with Gasteiger partial charge in [-0.25, -0.2) is 4.79 Å². The summed E-state index contributed by atoms with van der Waals surface area (Å²) in [4.78, 5) is 24.2. The Morgan fingerprint density at radius 1 is 1.12 bits per heavy atom. The quantitative estimate of drug-likeness (QED) is 0.768. The minimum Gasteiger partial charge on any atom is -0.482 e. The molecule has 0 aliphatic rings. The van der Waals surface area contributed by atoms with Gasteiger partial charge in [-0.1, -0.05) is 35.4 Å². The summed E-state index contributed by atoms with van der Waals surface area (Å²) in [5, 5.41) is 3.32. The van der Waals surface area contributed by atoms with Crippen LogP contribution in [0.25, 0.3) is 0 Å². The number of aryl methyl sites for hydroxylation is 3. The Labute approximate surface area is 158 Å². The normalized spacial score (nSPS) is 11.6. The molecule has 1 N–H and O–H groups in total. The number of hydrogen-bond acceptors (Lipinski definition) is 4. The van der Waals surface area contributed by atoms with E-state index >= 15 is 0 Å². The van der Waals surface area contributed by atoms with E-state index in [1.165, 1.54) is 6.92 Å². The molecule has 0 fully saturated rings. The third-order valence-corrected chi connectivity index (χ3v) is 3.99. The molecule has 6 heteroatoms. The first-order valence-electron chi connectivity index (χ1n) is 8.23. The summed E-state index contributed by atoms with van der Waals surface area (Å²) in [6.07, 6.45) is -0.939. The van der Waals surface area contributed by atoms with Gasteiger partial charge in [-0.15, -0.1) is 0 Å². The molecule has 2 aromatic carbocycles. The number of hydrogen-bond donors (Lipinski definition) is 1. The van der Waals surface area contributed by atoms with Gasteiger partial charge in [0.15, 0.2) is 12.7 Å². The Morgan fingerprint density at radius 3 is 2.38 bits per heavy atom. The molecule has 26 heavy (non-hydrogen) atoms. The SMILES string of the molecule is Cc1cc(C)c(NC(=O)[C@@H](C)OC(=O)COc2cccc(Cl)c2)c(C)c1. The van der Waals surface area contributed by atoms with Gasteiger partial charge in [0.25, 0.3) is 5.91 Å². The van der Waals surface area contributed by atoms with Crippen LogP contribution in [-0.2, 0) is 14.3 Å². The fourth-order valence-corrected chi connectivity index (χ4v) is 2.77. The number of carbonyl (C=O) groups is 2. The van der Waals surface area contributed by atoms with Crippen LogP contribution >= 0.6 is 11.6 Å². The highest BCUT2D eigenvalue weighted by Crippen LogP contribution is 2.22. The van der Waals surface area contributed by atoms with Crippen molar-refractivity contribution >= 4 is 29.2 Å². The maximum Gasteiger partial charge on any atom is 0.344 e. The molecule has 0 radical (unpaired) electrons. The fraction of sp³-hybridized carbons (Fsp3) is 0.300. The first kappa shape index (κ1) is 19.8. The van der Waals surface area contributed by atoms with Crippen molar-refractivity contribution in [2.45, 2.75) is 33.8 Å². The zero-order chi connectivity index (χ0) is 19.3. The Bertz CT molecular complexity index is 796. The third kappa shape index (κ3) is 5.49. The van der Waals surface area contributed by atoms with Gasteiger partial charge >= 0.3 is 5.97 Å². The summed E-state index contributed by atoms with van der Waals surface area (Å²) in [6, 6.07) is 10.7. The minimum absolute atomic E-state index is 0.305. The number of esters is 1. The van der Waals surface area contributed by atoms with Crippen LogP contribution in [0.2, 0.25) is 5.02 Å². The second kappa shape index (κ2) is 8.72. The van der Waals surface area contributed by atoms with Crippen molar-refractivity contribution in [3.05, 3.63) is 58.1 Å². The molecule has 5 nitrogen and oxygen atoms in total. The number of carbonyl (C=O) groups excluding carboxylic acids is 2. The molecule has 0 aromatic heterocycles. The van der Waals surface area contributed by atoms with E-state index in [0.717, 1.165) is 22.4 Å². The van der Waals surface area contributed by atoms with E-state index in [9.17, 15) is 9.59 Å². The average Bonchev–Trinajstić information content (AvgIpc) is 2.56. The second-order valence-electron chi connectivity index (χ2n) is 6.14. The number of ether oxygens (including phenoxy) is 2. The van der Waals surface area contributed by atoms with E-state index in [1.807, 2.05) is 32.9 Å². The molecule has 0 unspecified atom stereocenters. The summed E-state index contributed by atoms with van der Waals surface area (Å²) >= 11 is 5.85. The first-order chi connectivity index (χ1) is 12.3. The first-order valence-corrected chi connectivity index (χ1v) is 8.60. The summed E-state index contributed by atoms with van der Waals surface area (Å²) in [5.74, 6) is -0.571.